The van der Waals surface area contributed by atoms with E-state index in [0.717, 1.165) is 10.0 Å². The highest BCUT2D eigenvalue weighted by Gasteiger charge is 2.09. The van der Waals surface area contributed by atoms with Gasteiger partial charge in [0.05, 0.1) is 11.0 Å². The number of ether oxygens (including phenoxy) is 1. The molecule has 0 aliphatic heterocycles. The second-order valence-corrected chi connectivity index (χ2v) is 5.53. The molecule has 5 nitrogen and oxygen atoms in total. The molecule has 19 heavy (non-hydrogen) atoms. The molecule has 0 spiro atoms. The molecule has 0 saturated carbocycles. The molecule has 98 valence electrons. The van der Waals surface area contributed by atoms with Crippen LogP contribution in [0, 0.1) is 10.1 Å². The minimum absolute atomic E-state index is 0.0169. The summed E-state index contributed by atoms with van der Waals surface area (Å²) in [4.78, 5) is 14.3. The van der Waals surface area contributed by atoms with Crippen molar-refractivity contribution < 1.29 is 9.66 Å². The Morgan fingerprint density at radius 3 is 2.63 bits per heavy atom. The molecule has 0 radical (unpaired) electrons. The van der Waals surface area contributed by atoms with Gasteiger partial charge in [-0.1, -0.05) is 15.9 Å². The fraction of sp³-hybridized carbons (Fsp3) is 0.0833. The summed E-state index contributed by atoms with van der Waals surface area (Å²) in [5.41, 5.74) is 0.855. The number of halogens is 2. The van der Waals surface area contributed by atoms with Crippen molar-refractivity contribution in [2.45, 2.75) is 6.61 Å². The van der Waals surface area contributed by atoms with Crippen LogP contribution >= 0.6 is 31.9 Å². The summed E-state index contributed by atoms with van der Waals surface area (Å²) in [6, 6.07) is 6.36. The Morgan fingerprint density at radius 2 is 1.95 bits per heavy atom. The summed E-state index contributed by atoms with van der Waals surface area (Å²) in [5.74, 6) is 0.432. The largest absolute Gasteiger partial charge is 0.489 e. The van der Waals surface area contributed by atoms with Gasteiger partial charge in [0.25, 0.3) is 5.69 Å². The first-order valence-corrected chi connectivity index (χ1v) is 6.80. The normalized spacial score (nSPS) is 10.2. The molecule has 0 saturated heterocycles. The number of nitro benzene ring substituents is 1. The molecule has 0 aliphatic rings. The number of nitro groups is 1. The van der Waals surface area contributed by atoms with Crippen LogP contribution < -0.4 is 4.74 Å². The van der Waals surface area contributed by atoms with Gasteiger partial charge in [-0.3, -0.25) is 15.1 Å². The first-order valence-electron chi connectivity index (χ1n) is 5.22. The SMILES string of the molecule is O=[N+]([O-])c1cc(Br)cc(OCc2cncc(Br)c2)c1. The maximum Gasteiger partial charge on any atom is 0.274 e. The minimum atomic E-state index is -0.460. The Labute approximate surface area is 126 Å². The molecule has 0 bridgehead atoms. The number of pyridine rings is 1. The van der Waals surface area contributed by atoms with Crippen LogP contribution in [0.5, 0.6) is 5.75 Å². The van der Waals surface area contributed by atoms with Gasteiger partial charge in [-0.25, -0.2) is 0 Å². The highest BCUT2D eigenvalue weighted by molar-refractivity contribution is 9.10. The van der Waals surface area contributed by atoms with Crippen molar-refractivity contribution in [3.8, 4) is 5.75 Å². The third kappa shape index (κ3) is 4.00. The Morgan fingerprint density at radius 1 is 1.16 bits per heavy atom. The summed E-state index contributed by atoms with van der Waals surface area (Å²) >= 11 is 6.53. The maximum atomic E-state index is 10.7. The summed E-state index contributed by atoms with van der Waals surface area (Å²) in [5, 5.41) is 10.7. The fourth-order valence-corrected chi connectivity index (χ4v) is 2.31. The van der Waals surface area contributed by atoms with Crippen molar-refractivity contribution in [3.05, 3.63) is 61.3 Å². The van der Waals surface area contributed by atoms with E-state index in [1.165, 1.54) is 12.1 Å². The van der Waals surface area contributed by atoms with Gasteiger partial charge in [0.2, 0.25) is 0 Å². The molecule has 0 N–H and O–H groups in total. The summed E-state index contributed by atoms with van der Waals surface area (Å²) in [6.45, 7) is 0.292. The zero-order chi connectivity index (χ0) is 13.8. The molecule has 0 fully saturated rings. The molecule has 2 rings (SSSR count). The van der Waals surface area contributed by atoms with Gasteiger partial charge in [-0.05, 0) is 28.1 Å². The Bertz CT molecular complexity index is 620. The van der Waals surface area contributed by atoms with Crippen molar-refractivity contribution in [1.29, 1.82) is 0 Å². The van der Waals surface area contributed by atoms with Crippen molar-refractivity contribution in [1.82, 2.24) is 4.98 Å². The van der Waals surface area contributed by atoms with E-state index >= 15 is 0 Å². The van der Waals surface area contributed by atoms with Crippen molar-refractivity contribution in [3.63, 3.8) is 0 Å². The number of hydrogen-bond donors (Lipinski definition) is 0. The summed E-state index contributed by atoms with van der Waals surface area (Å²) in [6.07, 6.45) is 3.35. The van der Waals surface area contributed by atoms with Crippen LogP contribution in [-0.2, 0) is 6.61 Å². The van der Waals surface area contributed by atoms with Gasteiger partial charge < -0.3 is 4.74 Å². The average molecular weight is 388 g/mol. The number of hydrogen-bond acceptors (Lipinski definition) is 4. The van der Waals surface area contributed by atoms with E-state index in [9.17, 15) is 10.1 Å². The van der Waals surface area contributed by atoms with Crippen LogP contribution in [0.1, 0.15) is 5.56 Å². The van der Waals surface area contributed by atoms with Gasteiger partial charge in [0.1, 0.15) is 12.4 Å². The molecular weight excluding hydrogens is 380 g/mol. The molecule has 7 heteroatoms. The zero-order valence-corrected chi connectivity index (χ0v) is 12.7. The van der Waals surface area contributed by atoms with Crippen LogP contribution in [0.2, 0.25) is 0 Å². The van der Waals surface area contributed by atoms with Gasteiger partial charge in [-0.2, -0.15) is 0 Å². The summed E-state index contributed by atoms with van der Waals surface area (Å²) < 4.78 is 6.98. The van der Waals surface area contributed by atoms with E-state index in [-0.39, 0.29) is 5.69 Å². The van der Waals surface area contributed by atoms with E-state index in [1.807, 2.05) is 6.07 Å². The molecule has 0 atom stereocenters. The lowest BCUT2D eigenvalue weighted by molar-refractivity contribution is -0.385. The fourth-order valence-electron chi connectivity index (χ4n) is 1.44. The quantitative estimate of drug-likeness (QED) is 0.585. The lowest BCUT2D eigenvalue weighted by Gasteiger charge is -2.06. The summed E-state index contributed by atoms with van der Waals surface area (Å²) in [7, 11) is 0. The van der Waals surface area contributed by atoms with Crippen LogP contribution in [0.3, 0.4) is 0 Å². The maximum absolute atomic E-state index is 10.7. The van der Waals surface area contributed by atoms with Crippen LogP contribution in [0.25, 0.3) is 0 Å². The van der Waals surface area contributed by atoms with Crippen molar-refractivity contribution in [2.75, 3.05) is 0 Å². The average Bonchev–Trinajstić information content (AvgIpc) is 2.36. The molecule has 1 aromatic heterocycles. The van der Waals surface area contributed by atoms with E-state index in [0.29, 0.717) is 16.8 Å². The lowest BCUT2D eigenvalue weighted by atomic mass is 10.3. The lowest BCUT2D eigenvalue weighted by Crippen LogP contribution is -1.97. The number of aromatic nitrogens is 1. The van der Waals surface area contributed by atoms with E-state index in [2.05, 4.69) is 36.8 Å². The molecular formula is C12H8Br2N2O3. The van der Waals surface area contributed by atoms with Crippen molar-refractivity contribution in [2.24, 2.45) is 0 Å². The molecule has 0 amide bonds. The number of nitrogens with zero attached hydrogens (tertiary/aromatic N) is 2. The number of rotatable bonds is 4. The topological polar surface area (TPSA) is 65.3 Å². The van der Waals surface area contributed by atoms with E-state index in [1.54, 1.807) is 18.5 Å². The molecule has 2 aromatic rings. The van der Waals surface area contributed by atoms with Gasteiger partial charge in [0.15, 0.2) is 0 Å². The minimum Gasteiger partial charge on any atom is -0.489 e. The third-order valence-corrected chi connectivity index (χ3v) is 3.13. The van der Waals surface area contributed by atoms with Gasteiger partial charge in [-0.15, -0.1) is 0 Å². The molecule has 0 unspecified atom stereocenters. The predicted molar refractivity (Wildman–Crippen MR) is 77.1 cm³/mol. The Kier molecular flexibility index (Phi) is 4.49. The zero-order valence-electron chi connectivity index (χ0n) is 9.55. The first kappa shape index (κ1) is 14.0. The number of benzene rings is 1. The second-order valence-electron chi connectivity index (χ2n) is 3.70. The Balaban J connectivity index is 2.13. The van der Waals surface area contributed by atoms with Gasteiger partial charge in [0, 0.05) is 33.0 Å². The molecule has 1 heterocycles. The van der Waals surface area contributed by atoms with E-state index in [4.69, 9.17) is 4.74 Å². The predicted octanol–water partition coefficient (Wildman–Crippen LogP) is 4.09. The Hall–Kier alpha value is -1.47. The highest BCUT2D eigenvalue weighted by atomic mass is 79.9. The third-order valence-electron chi connectivity index (χ3n) is 2.23. The van der Waals surface area contributed by atoms with Crippen LogP contribution in [0.15, 0.2) is 45.6 Å². The van der Waals surface area contributed by atoms with Crippen LogP contribution in [-0.4, -0.2) is 9.91 Å². The monoisotopic (exact) mass is 386 g/mol. The standard InChI is InChI=1S/C12H8Br2N2O3/c13-9-2-11(16(17)18)4-12(3-9)19-7-8-1-10(14)6-15-5-8/h1-6H,7H2. The van der Waals surface area contributed by atoms with Gasteiger partial charge >= 0.3 is 0 Å². The molecule has 1 aromatic carbocycles. The second kappa shape index (κ2) is 6.12. The van der Waals surface area contributed by atoms with E-state index < -0.39 is 4.92 Å². The highest BCUT2D eigenvalue weighted by Crippen LogP contribution is 2.26. The van der Waals surface area contributed by atoms with Crippen molar-refractivity contribution >= 4 is 37.5 Å². The van der Waals surface area contributed by atoms with Crippen LogP contribution in [0.4, 0.5) is 5.69 Å². The first-order chi connectivity index (χ1) is 9.04. The number of non-ortho nitro benzene ring substituents is 1. The smallest absolute Gasteiger partial charge is 0.274 e. The molecule has 0 aliphatic carbocycles.